The average molecular weight is 224 g/mol. The van der Waals surface area contributed by atoms with Crippen LogP contribution in [0.15, 0.2) is 0 Å². The first-order chi connectivity index (χ1) is 7.27. The molecule has 16 heavy (non-hydrogen) atoms. The van der Waals surface area contributed by atoms with Gasteiger partial charge in [0.2, 0.25) is 0 Å². The number of aromatic hydroxyl groups is 1. The molecule has 1 aromatic rings. The molecule has 92 valence electrons. The molecule has 0 aliphatic heterocycles. The van der Waals surface area contributed by atoms with Crippen LogP contribution in [0, 0.1) is 5.92 Å². The van der Waals surface area contributed by atoms with E-state index < -0.39 is 0 Å². The van der Waals surface area contributed by atoms with Crippen LogP contribution >= 0.6 is 0 Å². The first-order valence-corrected chi connectivity index (χ1v) is 6.07. The van der Waals surface area contributed by atoms with Crippen LogP contribution in [0.1, 0.15) is 52.9 Å². The fourth-order valence-electron chi connectivity index (χ4n) is 1.89. The lowest BCUT2D eigenvalue weighted by Gasteiger charge is -2.21. The highest BCUT2D eigenvalue weighted by Crippen LogP contribution is 2.29. The number of aromatic nitrogens is 2. The normalized spacial score (nSPS) is 12.4. The predicted octanol–water partition coefficient (Wildman–Crippen LogP) is 3.10. The van der Waals surface area contributed by atoms with Crippen molar-refractivity contribution in [2.45, 2.75) is 59.9 Å². The van der Waals surface area contributed by atoms with E-state index >= 15 is 0 Å². The smallest absolute Gasteiger partial charge is 0.160 e. The summed E-state index contributed by atoms with van der Waals surface area (Å²) in [6, 6.07) is 0. The van der Waals surface area contributed by atoms with Gasteiger partial charge in [-0.05, 0) is 39.5 Å². The maximum absolute atomic E-state index is 10.1. The zero-order valence-corrected chi connectivity index (χ0v) is 11.3. The molecule has 0 aliphatic rings. The Bertz CT molecular complexity index is 359. The first-order valence-electron chi connectivity index (χ1n) is 6.07. The zero-order chi connectivity index (χ0) is 12.5. The van der Waals surface area contributed by atoms with Crippen molar-refractivity contribution >= 4 is 0 Å². The van der Waals surface area contributed by atoms with Gasteiger partial charge in [0.15, 0.2) is 5.75 Å². The minimum Gasteiger partial charge on any atom is -0.504 e. The van der Waals surface area contributed by atoms with E-state index in [1.165, 1.54) is 0 Å². The maximum atomic E-state index is 10.1. The monoisotopic (exact) mass is 224 g/mol. The van der Waals surface area contributed by atoms with Crippen molar-refractivity contribution in [2.24, 2.45) is 5.92 Å². The summed E-state index contributed by atoms with van der Waals surface area (Å²) in [5, 5.41) is 14.7. The second kappa shape index (κ2) is 4.48. The third-order valence-corrected chi connectivity index (χ3v) is 2.59. The molecule has 0 fully saturated rings. The van der Waals surface area contributed by atoms with Crippen molar-refractivity contribution in [3.63, 3.8) is 0 Å². The van der Waals surface area contributed by atoms with Gasteiger partial charge >= 0.3 is 0 Å². The predicted molar refractivity (Wildman–Crippen MR) is 66.8 cm³/mol. The second-order valence-electron chi connectivity index (χ2n) is 5.78. The van der Waals surface area contributed by atoms with Gasteiger partial charge in [-0.2, -0.15) is 5.10 Å². The summed E-state index contributed by atoms with van der Waals surface area (Å²) >= 11 is 0. The largest absolute Gasteiger partial charge is 0.504 e. The molecule has 1 heterocycles. The summed E-state index contributed by atoms with van der Waals surface area (Å²) in [5.74, 6) is 0.907. The van der Waals surface area contributed by atoms with Gasteiger partial charge in [0.25, 0.3) is 0 Å². The Kier molecular flexibility index (Phi) is 3.66. The maximum Gasteiger partial charge on any atom is 0.160 e. The van der Waals surface area contributed by atoms with Crippen LogP contribution in [-0.2, 0) is 18.4 Å². The lowest BCUT2D eigenvalue weighted by atomic mass is 10.1. The van der Waals surface area contributed by atoms with E-state index in [1.54, 1.807) is 0 Å². The fourth-order valence-corrected chi connectivity index (χ4v) is 1.89. The van der Waals surface area contributed by atoms with Crippen LogP contribution in [0.4, 0.5) is 0 Å². The van der Waals surface area contributed by atoms with Gasteiger partial charge in [-0.3, -0.25) is 4.68 Å². The first kappa shape index (κ1) is 13.1. The molecule has 0 bridgehead atoms. The Morgan fingerprint density at radius 3 is 2.19 bits per heavy atom. The van der Waals surface area contributed by atoms with Crippen molar-refractivity contribution in [3.05, 3.63) is 11.4 Å². The quantitative estimate of drug-likeness (QED) is 0.856. The highest BCUT2D eigenvalue weighted by molar-refractivity contribution is 5.33. The molecule has 0 saturated carbocycles. The SMILES string of the molecule is CCc1c(O)c(CC(C)C)nn1C(C)(C)C. The topological polar surface area (TPSA) is 38.1 Å². The highest BCUT2D eigenvalue weighted by atomic mass is 16.3. The third kappa shape index (κ3) is 2.57. The molecule has 0 amide bonds. The average Bonchev–Trinajstić information content (AvgIpc) is 2.42. The summed E-state index contributed by atoms with van der Waals surface area (Å²) in [7, 11) is 0. The number of rotatable bonds is 3. The Hall–Kier alpha value is -0.990. The summed E-state index contributed by atoms with van der Waals surface area (Å²) in [5.41, 5.74) is 1.71. The standard InChI is InChI=1S/C13H24N2O/c1-7-11-12(16)10(8-9(2)3)14-15(11)13(4,5)6/h9,16H,7-8H2,1-6H3. The van der Waals surface area contributed by atoms with E-state index in [2.05, 4.69) is 46.6 Å². The van der Waals surface area contributed by atoms with Crippen molar-refractivity contribution in [1.82, 2.24) is 9.78 Å². The third-order valence-electron chi connectivity index (χ3n) is 2.59. The Balaban J connectivity index is 3.20. The summed E-state index contributed by atoms with van der Waals surface area (Å²) in [4.78, 5) is 0. The summed E-state index contributed by atoms with van der Waals surface area (Å²) in [6.45, 7) is 12.7. The fraction of sp³-hybridized carbons (Fsp3) is 0.769. The second-order valence-corrected chi connectivity index (χ2v) is 5.78. The molecule has 0 aromatic carbocycles. The van der Waals surface area contributed by atoms with Gasteiger partial charge in [-0.25, -0.2) is 0 Å². The molecule has 0 radical (unpaired) electrons. The van der Waals surface area contributed by atoms with Crippen LogP contribution in [0.25, 0.3) is 0 Å². The van der Waals surface area contributed by atoms with Gasteiger partial charge in [0.05, 0.1) is 11.2 Å². The van der Waals surface area contributed by atoms with Gasteiger partial charge < -0.3 is 5.11 Å². The van der Waals surface area contributed by atoms with E-state index in [-0.39, 0.29) is 5.54 Å². The highest BCUT2D eigenvalue weighted by Gasteiger charge is 2.23. The van der Waals surface area contributed by atoms with Crippen LogP contribution in [-0.4, -0.2) is 14.9 Å². The van der Waals surface area contributed by atoms with E-state index in [0.29, 0.717) is 11.7 Å². The van der Waals surface area contributed by atoms with E-state index in [0.717, 1.165) is 24.2 Å². The van der Waals surface area contributed by atoms with Crippen LogP contribution in [0.2, 0.25) is 0 Å². The van der Waals surface area contributed by atoms with Gasteiger partial charge in [-0.15, -0.1) is 0 Å². The number of nitrogens with zero attached hydrogens (tertiary/aromatic N) is 2. The molecule has 3 heteroatoms. The Labute approximate surface area is 98.5 Å². The van der Waals surface area contributed by atoms with Crippen molar-refractivity contribution in [2.75, 3.05) is 0 Å². The summed E-state index contributed by atoms with van der Waals surface area (Å²) in [6.07, 6.45) is 1.65. The molecule has 0 unspecified atom stereocenters. The molecular weight excluding hydrogens is 200 g/mol. The number of hydrogen-bond acceptors (Lipinski definition) is 2. The van der Waals surface area contributed by atoms with E-state index in [4.69, 9.17) is 0 Å². The molecule has 1 aromatic heterocycles. The molecule has 0 saturated heterocycles. The molecule has 0 atom stereocenters. The van der Waals surface area contributed by atoms with E-state index in [1.807, 2.05) is 4.68 Å². The lowest BCUT2D eigenvalue weighted by Crippen LogP contribution is -2.25. The van der Waals surface area contributed by atoms with Crippen molar-refractivity contribution < 1.29 is 5.11 Å². The molecule has 3 nitrogen and oxygen atoms in total. The summed E-state index contributed by atoms with van der Waals surface area (Å²) < 4.78 is 1.96. The van der Waals surface area contributed by atoms with Crippen LogP contribution in [0.5, 0.6) is 5.75 Å². The Morgan fingerprint density at radius 2 is 1.88 bits per heavy atom. The van der Waals surface area contributed by atoms with E-state index in [9.17, 15) is 5.11 Å². The molecule has 0 spiro atoms. The van der Waals surface area contributed by atoms with Gasteiger partial charge in [0.1, 0.15) is 5.69 Å². The van der Waals surface area contributed by atoms with Crippen molar-refractivity contribution in [3.8, 4) is 5.75 Å². The van der Waals surface area contributed by atoms with Crippen molar-refractivity contribution in [1.29, 1.82) is 0 Å². The molecule has 1 rings (SSSR count). The Morgan fingerprint density at radius 1 is 1.31 bits per heavy atom. The lowest BCUT2D eigenvalue weighted by molar-refractivity contribution is 0.338. The van der Waals surface area contributed by atoms with Gasteiger partial charge in [-0.1, -0.05) is 20.8 Å². The number of hydrogen-bond donors (Lipinski definition) is 1. The molecule has 0 aliphatic carbocycles. The van der Waals surface area contributed by atoms with Crippen LogP contribution < -0.4 is 0 Å². The minimum absolute atomic E-state index is 0.0714. The molecule has 1 N–H and O–H groups in total. The van der Waals surface area contributed by atoms with Gasteiger partial charge in [0, 0.05) is 0 Å². The molecular formula is C13H24N2O. The minimum atomic E-state index is -0.0714. The zero-order valence-electron chi connectivity index (χ0n) is 11.3. The van der Waals surface area contributed by atoms with Crippen LogP contribution in [0.3, 0.4) is 0 Å².